The number of hydrogen-bond acceptors (Lipinski definition) is 5. The second kappa shape index (κ2) is 8.41. The van der Waals surface area contributed by atoms with Crippen LogP contribution in [0, 0.1) is 13.8 Å². The Hall–Kier alpha value is -1.04. The molecule has 2 rings (SSSR count). The second-order valence-corrected chi connectivity index (χ2v) is 5.61. The van der Waals surface area contributed by atoms with Gasteiger partial charge in [-0.2, -0.15) is 0 Å². The fraction of sp³-hybridized carbons (Fsp3) is 0.750. The zero-order valence-corrected chi connectivity index (χ0v) is 13.4. The number of nitrogens with one attached hydrogen (secondary N) is 1. The van der Waals surface area contributed by atoms with Crippen molar-refractivity contribution in [2.24, 2.45) is 0 Å². The summed E-state index contributed by atoms with van der Waals surface area (Å²) in [6, 6.07) is 0. The number of aromatic nitrogens is 2. The largest absolute Gasteiger partial charge is 0.383 e. The number of aryl methyl sites for hydroxylation is 2. The minimum absolute atomic E-state index is 0.463. The average molecular weight is 293 g/mol. The summed E-state index contributed by atoms with van der Waals surface area (Å²) in [7, 11) is 1.72. The lowest BCUT2D eigenvalue weighted by Crippen LogP contribution is -2.23. The third kappa shape index (κ3) is 4.73. The maximum Gasteiger partial charge on any atom is 0.132 e. The molecule has 0 atom stereocenters. The summed E-state index contributed by atoms with van der Waals surface area (Å²) in [4.78, 5) is 9.51. The third-order valence-electron chi connectivity index (χ3n) is 4.06. The molecule has 1 fully saturated rings. The lowest BCUT2D eigenvalue weighted by molar-refractivity contribution is 0.0835. The summed E-state index contributed by atoms with van der Waals surface area (Å²) in [5, 5.41) is 3.37. The molecule has 0 aliphatic carbocycles. The van der Waals surface area contributed by atoms with Gasteiger partial charge in [-0.3, -0.25) is 0 Å². The fourth-order valence-corrected chi connectivity index (χ4v) is 2.78. The molecule has 1 aromatic heterocycles. The first-order chi connectivity index (χ1) is 10.2. The molecule has 0 spiro atoms. The van der Waals surface area contributed by atoms with E-state index in [0.717, 1.165) is 69.4 Å². The third-order valence-corrected chi connectivity index (χ3v) is 4.06. The molecule has 1 aliphatic rings. The summed E-state index contributed by atoms with van der Waals surface area (Å²) < 4.78 is 10.4. The highest BCUT2D eigenvalue weighted by molar-refractivity contribution is 5.25. The molecule has 0 unspecified atom stereocenters. The molecule has 0 radical (unpaired) electrons. The number of methoxy groups -OCH3 is 1. The van der Waals surface area contributed by atoms with Gasteiger partial charge in [0.05, 0.1) is 6.61 Å². The maximum absolute atomic E-state index is 5.42. The van der Waals surface area contributed by atoms with Crippen molar-refractivity contribution in [1.29, 1.82) is 0 Å². The van der Waals surface area contributed by atoms with Crippen LogP contribution in [0.25, 0.3) is 0 Å². The van der Waals surface area contributed by atoms with Crippen LogP contribution in [0.5, 0.6) is 0 Å². The Morgan fingerprint density at radius 3 is 2.43 bits per heavy atom. The second-order valence-electron chi connectivity index (χ2n) is 5.61. The molecular weight excluding hydrogens is 266 g/mol. The van der Waals surface area contributed by atoms with Crippen molar-refractivity contribution < 1.29 is 9.47 Å². The van der Waals surface area contributed by atoms with Gasteiger partial charge in [-0.25, -0.2) is 9.97 Å². The number of rotatable bonds is 7. The van der Waals surface area contributed by atoms with Crippen molar-refractivity contribution in [1.82, 2.24) is 15.3 Å². The van der Waals surface area contributed by atoms with Gasteiger partial charge in [-0.1, -0.05) is 0 Å². The van der Waals surface area contributed by atoms with Gasteiger partial charge in [0.1, 0.15) is 5.82 Å². The van der Waals surface area contributed by atoms with Crippen LogP contribution >= 0.6 is 0 Å². The Labute approximate surface area is 127 Å². The normalized spacial score (nSPS) is 16.3. The zero-order valence-electron chi connectivity index (χ0n) is 13.4. The van der Waals surface area contributed by atoms with Gasteiger partial charge in [0.25, 0.3) is 0 Å². The van der Waals surface area contributed by atoms with Crippen molar-refractivity contribution in [2.45, 2.75) is 39.0 Å². The number of nitrogens with zero attached hydrogens (tertiary/aromatic N) is 2. The molecule has 1 N–H and O–H groups in total. The topological polar surface area (TPSA) is 56.3 Å². The van der Waals surface area contributed by atoms with E-state index < -0.39 is 0 Å². The van der Waals surface area contributed by atoms with E-state index in [2.05, 4.69) is 19.2 Å². The van der Waals surface area contributed by atoms with E-state index >= 15 is 0 Å². The van der Waals surface area contributed by atoms with E-state index in [1.165, 1.54) is 5.56 Å². The molecule has 0 bridgehead atoms. The molecule has 0 aromatic carbocycles. The molecule has 118 valence electrons. The van der Waals surface area contributed by atoms with Crippen LogP contribution in [0.1, 0.15) is 41.5 Å². The van der Waals surface area contributed by atoms with E-state index in [-0.39, 0.29) is 0 Å². The quantitative estimate of drug-likeness (QED) is 0.776. The van der Waals surface area contributed by atoms with Gasteiger partial charge in [0.15, 0.2) is 0 Å². The Balaban J connectivity index is 1.96. The van der Waals surface area contributed by atoms with Gasteiger partial charge < -0.3 is 14.8 Å². The van der Waals surface area contributed by atoms with Crippen molar-refractivity contribution >= 4 is 0 Å². The van der Waals surface area contributed by atoms with E-state index in [1.807, 2.05) is 0 Å². The summed E-state index contributed by atoms with van der Waals surface area (Å²) in [5.41, 5.74) is 3.52. The first kappa shape index (κ1) is 16.3. The summed E-state index contributed by atoms with van der Waals surface area (Å²) in [6.07, 6.45) is 3.04. The Morgan fingerprint density at radius 2 is 1.81 bits per heavy atom. The van der Waals surface area contributed by atoms with Crippen LogP contribution in [-0.2, 0) is 15.9 Å². The van der Waals surface area contributed by atoms with Crippen LogP contribution < -0.4 is 5.32 Å². The molecule has 5 nitrogen and oxygen atoms in total. The summed E-state index contributed by atoms with van der Waals surface area (Å²) >= 11 is 0. The van der Waals surface area contributed by atoms with E-state index in [9.17, 15) is 0 Å². The molecule has 21 heavy (non-hydrogen) atoms. The van der Waals surface area contributed by atoms with Crippen molar-refractivity contribution in [3.05, 3.63) is 22.8 Å². The number of ether oxygens (including phenoxy) is 2. The monoisotopic (exact) mass is 293 g/mol. The van der Waals surface area contributed by atoms with Crippen LogP contribution in [0.2, 0.25) is 0 Å². The molecule has 1 aliphatic heterocycles. The SMILES string of the molecule is COCCNCCc1c(C)nc(C2CCOCC2)nc1C. The standard InChI is InChI=1S/C16H27N3O2/c1-12-15(4-7-17-8-11-20-3)13(2)19-16(18-12)14-5-9-21-10-6-14/h14,17H,4-11H2,1-3H3. The predicted octanol–water partition coefficient (Wildman–Crippen LogP) is 1.77. The number of hydrogen-bond donors (Lipinski definition) is 1. The molecule has 0 amide bonds. The minimum atomic E-state index is 0.463. The van der Waals surface area contributed by atoms with Crippen molar-refractivity contribution in [2.75, 3.05) is 40.0 Å². The van der Waals surface area contributed by atoms with Crippen LogP contribution in [0.15, 0.2) is 0 Å². The van der Waals surface area contributed by atoms with Gasteiger partial charge in [0, 0.05) is 44.2 Å². The predicted molar refractivity (Wildman–Crippen MR) is 82.7 cm³/mol. The summed E-state index contributed by atoms with van der Waals surface area (Å²) in [5.74, 6) is 1.47. The van der Waals surface area contributed by atoms with Gasteiger partial charge >= 0.3 is 0 Å². The molecule has 0 saturated carbocycles. The van der Waals surface area contributed by atoms with Gasteiger partial charge in [0.2, 0.25) is 0 Å². The Morgan fingerprint density at radius 1 is 1.14 bits per heavy atom. The van der Waals surface area contributed by atoms with Crippen LogP contribution in [-0.4, -0.2) is 50.0 Å². The van der Waals surface area contributed by atoms with Crippen LogP contribution in [0.4, 0.5) is 0 Å². The van der Waals surface area contributed by atoms with E-state index in [1.54, 1.807) is 7.11 Å². The highest BCUT2D eigenvalue weighted by Gasteiger charge is 2.20. The lowest BCUT2D eigenvalue weighted by Gasteiger charge is -2.22. The molecule has 2 heterocycles. The highest BCUT2D eigenvalue weighted by Crippen LogP contribution is 2.25. The van der Waals surface area contributed by atoms with Crippen molar-refractivity contribution in [3.8, 4) is 0 Å². The fourth-order valence-electron chi connectivity index (χ4n) is 2.78. The Kier molecular flexibility index (Phi) is 6.54. The van der Waals surface area contributed by atoms with E-state index in [4.69, 9.17) is 19.4 Å². The first-order valence-corrected chi connectivity index (χ1v) is 7.83. The van der Waals surface area contributed by atoms with Gasteiger partial charge in [-0.15, -0.1) is 0 Å². The average Bonchev–Trinajstić information content (AvgIpc) is 2.50. The molecule has 5 heteroatoms. The highest BCUT2D eigenvalue weighted by atomic mass is 16.5. The van der Waals surface area contributed by atoms with E-state index in [0.29, 0.717) is 5.92 Å². The molecular formula is C16H27N3O2. The lowest BCUT2D eigenvalue weighted by atomic mass is 9.98. The molecule has 1 saturated heterocycles. The zero-order chi connectivity index (χ0) is 15.1. The molecule has 1 aromatic rings. The van der Waals surface area contributed by atoms with Crippen molar-refractivity contribution in [3.63, 3.8) is 0 Å². The smallest absolute Gasteiger partial charge is 0.132 e. The maximum atomic E-state index is 5.42. The first-order valence-electron chi connectivity index (χ1n) is 7.83. The minimum Gasteiger partial charge on any atom is -0.383 e. The van der Waals surface area contributed by atoms with Crippen LogP contribution in [0.3, 0.4) is 0 Å². The summed E-state index contributed by atoms with van der Waals surface area (Å²) in [6.45, 7) is 8.43. The van der Waals surface area contributed by atoms with Gasteiger partial charge in [-0.05, 0) is 45.2 Å². The Bertz CT molecular complexity index is 422.